The topological polar surface area (TPSA) is 101 Å². The monoisotopic (exact) mass is 378 g/mol. The maximum Gasteiger partial charge on any atom is 0.251 e. The van der Waals surface area contributed by atoms with Crippen molar-refractivity contribution in [3.63, 3.8) is 0 Å². The number of benzene rings is 2. The molecule has 1 aliphatic rings. The number of aromatic nitrogens is 2. The maximum absolute atomic E-state index is 13.4. The summed E-state index contributed by atoms with van der Waals surface area (Å²) >= 11 is 0. The largest absolute Gasteiger partial charge is 0.382 e. The zero-order chi connectivity index (χ0) is 19.8. The molecule has 0 unspecified atom stereocenters. The van der Waals surface area contributed by atoms with E-state index in [1.165, 1.54) is 18.2 Å². The van der Waals surface area contributed by atoms with Crippen LogP contribution in [0.3, 0.4) is 0 Å². The number of nitrogens with two attached hydrogens (primary N) is 1. The number of hydrogen-bond acceptors (Lipinski definition) is 4. The van der Waals surface area contributed by atoms with Gasteiger partial charge in [-0.1, -0.05) is 18.2 Å². The number of aryl methyl sites for hydroxylation is 1. The van der Waals surface area contributed by atoms with Crippen LogP contribution in [0, 0.1) is 12.7 Å². The van der Waals surface area contributed by atoms with Gasteiger partial charge in [-0.15, -0.1) is 0 Å². The molecule has 1 aromatic heterocycles. The fourth-order valence-corrected chi connectivity index (χ4v) is 2.98. The number of imidazole rings is 1. The van der Waals surface area contributed by atoms with Gasteiger partial charge in [0.05, 0.1) is 0 Å². The lowest BCUT2D eigenvalue weighted by atomic mass is 10.0. The normalized spacial score (nSPS) is 13.4. The summed E-state index contributed by atoms with van der Waals surface area (Å²) in [6.07, 6.45) is 2.01. The number of hydrogen-bond donors (Lipinski definition) is 3. The second-order valence-corrected chi connectivity index (χ2v) is 6.96. The number of carbonyl (C=O) groups excluding carboxylic acids is 2. The van der Waals surface area contributed by atoms with E-state index in [1.807, 2.05) is 13.0 Å². The highest BCUT2D eigenvalue weighted by molar-refractivity contribution is 6.10. The summed E-state index contributed by atoms with van der Waals surface area (Å²) < 4.78 is 13.4. The molecule has 4 rings (SSSR count). The van der Waals surface area contributed by atoms with Crippen LogP contribution in [0.5, 0.6) is 0 Å². The van der Waals surface area contributed by atoms with Gasteiger partial charge in [-0.2, -0.15) is 0 Å². The molecule has 0 radical (unpaired) electrons. The second-order valence-electron chi connectivity index (χ2n) is 6.96. The molecular formula is C21H19FN4O2. The summed E-state index contributed by atoms with van der Waals surface area (Å²) in [5.74, 6) is -0.683. The molecule has 1 amide bonds. The Hall–Kier alpha value is -3.48. The highest BCUT2D eigenvalue weighted by atomic mass is 19.1. The Balaban J connectivity index is 1.67. The molecule has 4 N–H and O–H groups in total. The molecule has 0 spiro atoms. The van der Waals surface area contributed by atoms with Gasteiger partial charge >= 0.3 is 0 Å². The van der Waals surface area contributed by atoms with Crippen molar-refractivity contribution >= 4 is 17.5 Å². The maximum atomic E-state index is 13.4. The molecule has 1 aliphatic carbocycles. The van der Waals surface area contributed by atoms with Gasteiger partial charge in [-0.05, 0) is 49.6 Å². The lowest BCUT2D eigenvalue weighted by Gasteiger charge is -2.07. The van der Waals surface area contributed by atoms with E-state index in [0.29, 0.717) is 17.0 Å². The van der Waals surface area contributed by atoms with E-state index in [2.05, 4.69) is 15.3 Å². The number of nitrogens with zero attached hydrogens (tertiary/aromatic N) is 1. The van der Waals surface area contributed by atoms with Crippen LogP contribution in [-0.2, 0) is 0 Å². The van der Waals surface area contributed by atoms with Gasteiger partial charge in [0.15, 0.2) is 5.82 Å². The van der Waals surface area contributed by atoms with Crippen molar-refractivity contribution in [3.8, 4) is 11.4 Å². The Labute approximate surface area is 161 Å². The summed E-state index contributed by atoms with van der Waals surface area (Å²) in [7, 11) is 0. The smallest absolute Gasteiger partial charge is 0.251 e. The van der Waals surface area contributed by atoms with Crippen molar-refractivity contribution in [2.45, 2.75) is 25.8 Å². The number of H-pyrrole nitrogens is 1. The fourth-order valence-electron chi connectivity index (χ4n) is 2.98. The number of anilines is 1. The summed E-state index contributed by atoms with van der Waals surface area (Å²) in [4.78, 5) is 32.2. The quantitative estimate of drug-likeness (QED) is 0.593. The molecule has 6 nitrogen and oxygen atoms in total. The van der Waals surface area contributed by atoms with E-state index in [1.54, 1.807) is 12.1 Å². The van der Waals surface area contributed by atoms with Gasteiger partial charge in [-0.3, -0.25) is 9.59 Å². The number of nitrogens with one attached hydrogen (secondary N) is 2. The molecule has 1 fully saturated rings. The number of rotatable bonds is 5. The molecular weight excluding hydrogens is 359 g/mol. The third kappa shape index (κ3) is 3.51. The summed E-state index contributed by atoms with van der Waals surface area (Å²) in [6.45, 7) is 1.88. The number of aromatic amines is 1. The van der Waals surface area contributed by atoms with Gasteiger partial charge in [0, 0.05) is 22.7 Å². The molecule has 0 bridgehead atoms. The lowest BCUT2D eigenvalue weighted by Crippen LogP contribution is -2.25. The van der Waals surface area contributed by atoms with E-state index in [4.69, 9.17) is 5.73 Å². The molecule has 7 heteroatoms. The van der Waals surface area contributed by atoms with Crippen molar-refractivity contribution in [1.82, 2.24) is 15.3 Å². The van der Waals surface area contributed by atoms with Crippen LogP contribution in [0.4, 0.5) is 10.2 Å². The summed E-state index contributed by atoms with van der Waals surface area (Å²) in [6, 6.07) is 10.9. The number of amides is 1. The van der Waals surface area contributed by atoms with Gasteiger partial charge < -0.3 is 16.0 Å². The van der Waals surface area contributed by atoms with Crippen LogP contribution >= 0.6 is 0 Å². The number of carbonyl (C=O) groups is 2. The SMILES string of the molecule is Cc1ccc(C(=O)NC2CC2)cc1-c1nc(N)c(C(=O)c2cccc(F)c2)[nH]1. The molecule has 1 heterocycles. The van der Waals surface area contributed by atoms with Crippen molar-refractivity contribution in [1.29, 1.82) is 0 Å². The zero-order valence-corrected chi connectivity index (χ0v) is 15.3. The van der Waals surface area contributed by atoms with Crippen LogP contribution in [0.2, 0.25) is 0 Å². The summed E-state index contributed by atoms with van der Waals surface area (Å²) in [5, 5.41) is 2.95. The molecule has 28 heavy (non-hydrogen) atoms. The first-order valence-electron chi connectivity index (χ1n) is 9.00. The van der Waals surface area contributed by atoms with Crippen LogP contribution < -0.4 is 11.1 Å². The first kappa shape index (κ1) is 17.9. The zero-order valence-electron chi connectivity index (χ0n) is 15.3. The first-order valence-corrected chi connectivity index (χ1v) is 9.00. The van der Waals surface area contributed by atoms with Gasteiger partial charge in [0.2, 0.25) is 5.78 Å². The number of ketones is 1. The highest BCUT2D eigenvalue weighted by Crippen LogP contribution is 2.26. The van der Waals surface area contributed by atoms with Crippen molar-refractivity contribution in [2.24, 2.45) is 0 Å². The minimum atomic E-state index is -0.505. The fraction of sp³-hybridized carbons (Fsp3) is 0.190. The average Bonchev–Trinajstić information content (AvgIpc) is 3.40. The molecule has 3 aromatic rings. The van der Waals surface area contributed by atoms with E-state index >= 15 is 0 Å². The Morgan fingerprint density at radius 3 is 2.68 bits per heavy atom. The molecule has 1 saturated carbocycles. The van der Waals surface area contributed by atoms with Crippen LogP contribution in [0.1, 0.15) is 44.8 Å². The second kappa shape index (κ2) is 6.92. The third-order valence-electron chi connectivity index (χ3n) is 4.71. The Morgan fingerprint density at radius 1 is 1.18 bits per heavy atom. The highest BCUT2D eigenvalue weighted by Gasteiger charge is 2.24. The third-order valence-corrected chi connectivity index (χ3v) is 4.71. The average molecular weight is 378 g/mol. The molecule has 0 atom stereocenters. The summed E-state index contributed by atoms with van der Waals surface area (Å²) in [5.41, 5.74) is 8.27. The first-order chi connectivity index (χ1) is 13.4. The van der Waals surface area contributed by atoms with E-state index in [-0.39, 0.29) is 29.0 Å². The van der Waals surface area contributed by atoms with Gasteiger partial charge in [0.1, 0.15) is 17.3 Å². The standard InChI is InChI=1S/C21H19FN4O2/c1-11-5-6-13(21(28)24-15-7-8-15)10-16(11)20-25-17(19(23)26-20)18(27)12-3-2-4-14(22)9-12/h2-6,9-10,15H,7-8,23H2,1H3,(H,24,28)(H,25,26). The molecule has 0 saturated heterocycles. The van der Waals surface area contributed by atoms with Crippen LogP contribution in [0.15, 0.2) is 42.5 Å². The number of nitrogen functional groups attached to an aromatic ring is 1. The Morgan fingerprint density at radius 2 is 1.96 bits per heavy atom. The molecule has 2 aromatic carbocycles. The minimum absolute atomic E-state index is 0.0245. The van der Waals surface area contributed by atoms with E-state index in [9.17, 15) is 14.0 Å². The van der Waals surface area contributed by atoms with E-state index in [0.717, 1.165) is 24.5 Å². The lowest BCUT2D eigenvalue weighted by molar-refractivity contribution is 0.0950. The molecule has 142 valence electrons. The van der Waals surface area contributed by atoms with Crippen LogP contribution in [0.25, 0.3) is 11.4 Å². The Bertz CT molecular complexity index is 1090. The van der Waals surface area contributed by atoms with Crippen molar-refractivity contribution in [2.75, 3.05) is 5.73 Å². The van der Waals surface area contributed by atoms with E-state index < -0.39 is 11.6 Å². The predicted octanol–water partition coefficient (Wildman–Crippen LogP) is 3.23. The van der Waals surface area contributed by atoms with Crippen molar-refractivity contribution in [3.05, 3.63) is 70.7 Å². The van der Waals surface area contributed by atoms with Crippen LogP contribution in [-0.4, -0.2) is 27.7 Å². The molecule has 0 aliphatic heterocycles. The van der Waals surface area contributed by atoms with Gasteiger partial charge in [0.25, 0.3) is 5.91 Å². The number of halogens is 1. The minimum Gasteiger partial charge on any atom is -0.382 e. The predicted molar refractivity (Wildman–Crippen MR) is 103 cm³/mol. The Kier molecular flexibility index (Phi) is 4.43. The van der Waals surface area contributed by atoms with Gasteiger partial charge in [-0.25, -0.2) is 9.37 Å². The van der Waals surface area contributed by atoms with Crippen molar-refractivity contribution < 1.29 is 14.0 Å².